The van der Waals surface area contributed by atoms with Crippen LogP contribution in [0, 0.1) is 17.2 Å². The summed E-state index contributed by atoms with van der Waals surface area (Å²) in [7, 11) is 0. The van der Waals surface area contributed by atoms with Gasteiger partial charge in [-0.2, -0.15) is 0 Å². The Hall–Kier alpha value is -2.20. The Kier molecular flexibility index (Phi) is 9.45. The first-order valence-corrected chi connectivity index (χ1v) is 10.6. The van der Waals surface area contributed by atoms with Crippen molar-refractivity contribution in [1.82, 2.24) is 5.32 Å². The van der Waals surface area contributed by atoms with E-state index in [1.165, 1.54) is 0 Å². The van der Waals surface area contributed by atoms with Crippen molar-refractivity contribution in [3.05, 3.63) is 35.4 Å². The number of carbonyl (C=O) groups is 3. The summed E-state index contributed by atoms with van der Waals surface area (Å²) in [6.07, 6.45) is 1.77. The molecule has 0 aromatic heterocycles. The summed E-state index contributed by atoms with van der Waals surface area (Å²) in [4.78, 5) is 37.8. The number of primary amides is 1. The highest BCUT2D eigenvalue weighted by molar-refractivity contribution is 5.95. The van der Waals surface area contributed by atoms with E-state index in [4.69, 9.17) is 22.0 Å². The van der Waals surface area contributed by atoms with E-state index in [1.54, 1.807) is 12.1 Å². The molecule has 0 bridgehead atoms. The maximum absolute atomic E-state index is 14.0. The minimum absolute atomic E-state index is 0. The molecular weight excluding hydrogens is 469 g/mol. The number of amides is 2. The van der Waals surface area contributed by atoms with Crippen LogP contribution in [0.25, 0.3) is 0 Å². The second-order valence-electron chi connectivity index (χ2n) is 9.23. The van der Waals surface area contributed by atoms with Gasteiger partial charge in [0.15, 0.2) is 5.54 Å². The van der Waals surface area contributed by atoms with Gasteiger partial charge in [0.1, 0.15) is 18.4 Å². The van der Waals surface area contributed by atoms with Crippen molar-refractivity contribution in [3.63, 3.8) is 0 Å². The Labute approximate surface area is 206 Å². The van der Waals surface area contributed by atoms with Crippen molar-refractivity contribution < 1.29 is 24.0 Å². The third kappa shape index (κ3) is 5.32. The number of quaternary nitrogens is 1. The van der Waals surface area contributed by atoms with Gasteiger partial charge in [0.25, 0.3) is 5.91 Å². The highest BCUT2D eigenvalue weighted by Gasteiger charge is 2.79. The highest BCUT2D eigenvalue weighted by Crippen LogP contribution is 2.61. The van der Waals surface area contributed by atoms with Gasteiger partial charge in [0.05, 0.1) is 13.1 Å². The van der Waals surface area contributed by atoms with Gasteiger partial charge in [-0.1, -0.05) is 38.1 Å². The fourth-order valence-corrected chi connectivity index (χ4v) is 5.23. The number of benzene rings is 1. The average Bonchev–Trinajstić information content (AvgIpc) is 3.36. The lowest BCUT2D eigenvalue weighted by Gasteiger charge is -2.41. The number of amidine groups is 1. The molecule has 1 aromatic rings. The fraction of sp³-hybridized carbons (Fsp3) is 0.545. The number of halogens is 2. The first-order valence-electron chi connectivity index (χ1n) is 10.6. The summed E-state index contributed by atoms with van der Waals surface area (Å²) < 4.78 is -0.0869. The standard InChI is InChI=1S/C22H31N5O4.2ClH/c1-13(2)9-17(26-11-18(28)29)20(30)27(8-7-16-10-22(16,27)21(25)31)12-14-3-5-15(6-4-14)19(23)24;;/h3-6,13,16-17,26H,7-12H2,1-2H3,(H5-,23,24,25,28,29,31);2*1H/p+1/t16-,17-,22+,27?;;/m1../s1. The van der Waals surface area contributed by atoms with Crippen LogP contribution in [0.3, 0.4) is 0 Å². The number of rotatable bonds is 10. The highest BCUT2D eigenvalue weighted by atomic mass is 35.5. The lowest BCUT2D eigenvalue weighted by atomic mass is 9.98. The summed E-state index contributed by atoms with van der Waals surface area (Å²) in [5.74, 6) is -1.49. The van der Waals surface area contributed by atoms with E-state index >= 15 is 0 Å². The number of aliphatic carboxylic acids is 1. The van der Waals surface area contributed by atoms with Crippen molar-refractivity contribution in [2.24, 2.45) is 23.3 Å². The Bertz CT molecular complexity index is 911. The van der Waals surface area contributed by atoms with E-state index in [0.717, 1.165) is 12.0 Å². The van der Waals surface area contributed by atoms with Crippen LogP contribution in [-0.4, -0.2) is 57.9 Å². The zero-order valence-corrected chi connectivity index (χ0v) is 20.5. The number of carboxylic acids is 1. The molecule has 2 fully saturated rings. The van der Waals surface area contributed by atoms with Gasteiger partial charge >= 0.3 is 11.9 Å². The molecule has 7 N–H and O–H groups in total. The monoisotopic (exact) mass is 502 g/mol. The maximum atomic E-state index is 14.0. The summed E-state index contributed by atoms with van der Waals surface area (Å²) in [5.41, 5.74) is 11.9. The van der Waals surface area contributed by atoms with Crippen LogP contribution < -0.4 is 16.8 Å². The number of hydrogen-bond donors (Lipinski definition) is 5. The molecule has 4 atom stereocenters. The lowest BCUT2D eigenvalue weighted by Crippen LogP contribution is -2.67. The summed E-state index contributed by atoms with van der Waals surface area (Å²) in [6, 6.07) is 6.39. The van der Waals surface area contributed by atoms with Crippen molar-refractivity contribution in [1.29, 1.82) is 5.41 Å². The molecule has 1 heterocycles. The van der Waals surface area contributed by atoms with E-state index in [9.17, 15) is 14.4 Å². The Balaban J connectivity index is 0.00000272. The molecule has 33 heavy (non-hydrogen) atoms. The molecule has 9 nitrogen and oxygen atoms in total. The van der Waals surface area contributed by atoms with Gasteiger partial charge in [-0.3, -0.25) is 20.3 Å². The van der Waals surface area contributed by atoms with Crippen LogP contribution in [0.1, 0.15) is 44.2 Å². The topological polar surface area (TPSA) is 159 Å². The molecule has 2 aliphatic rings. The van der Waals surface area contributed by atoms with Gasteiger partial charge in [0.2, 0.25) is 0 Å². The predicted octanol–water partition coefficient (Wildman–Crippen LogP) is 1.39. The van der Waals surface area contributed by atoms with E-state index < -0.39 is 23.5 Å². The maximum Gasteiger partial charge on any atom is 0.331 e. The van der Waals surface area contributed by atoms with Gasteiger partial charge in [-0.05, 0) is 12.3 Å². The number of likely N-dealkylation sites (tertiary alicyclic amines) is 1. The van der Waals surface area contributed by atoms with Crippen LogP contribution in [0.4, 0.5) is 0 Å². The Morgan fingerprint density at radius 2 is 1.82 bits per heavy atom. The molecule has 184 valence electrons. The smallest absolute Gasteiger partial charge is 0.331 e. The summed E-state index contributed by atoms with van der Waals surface area (Å²) >= 11 is 0. The van der Waals surface area contributed by atoms with Crippen molar-refractivity contribution in [2.45, 2.75) is 51.2 Å². The van der Waals surface area contributed by atoms with Crippen LogP contribution in [0.5, 0.6) is 0 Å². The number of nitrogens with two attached hydrogens (primary N) is 2. The van der Waals surface area contributed by atoms with Crippen LogP contribution >= 0.6 is 24.8 Å². The third-order valence-corrected chi connectivity index (χ3v) is 6.77. The lowest BCUT2D eigenvalue weighted by molar-refractivity contribution is -0.885. The van der Waals surface area contributed by atoms with Crippen LogP contribution in [0.15, 0.2) is 24.3 Å². The number of nitrogen functional groups attached to an aromatic ring is 1. The molecule has 1 aliphatic heterocycles. The average molecular weight is 503 g/mol. The van der Waals surface area contributed by atoms with Crippen molar-refractivity contribution >= 4 is 48.4 Å². The van der Waals surface area contributed by atoms with Gasteiger partial charge in [-0.25, -0.2) is 9.28 Å². The quantitative estimate of drug-likeness (QED) is 0.184. The molecule has 1 saturated heterocycles. The van der Waals surface area contributed by atoms with Crippen LogP contribution in [0.2, 0.25) is 0 Å². The van der Waals surface area contributed by atoms with E-state index in [-0.39, 0.29) is 59.4 Å². The normalized spacial score (nSPS) is 25.8. The molecular formula is C22H34Cl2N5O4+. The minimum Gasteiger partial charge on any atom is -0.480 e. The van der Waals surface area contributed by atoms with Gasteiger partial charge in [-0.15, -0.1) is 24.8 Å². The van der Waals surface area contributed by atoms with Crippen LogP contribution in [-0.2, 0) is 20.9 Å². The predicted molar refractivity (Wildman–Crippen MR) is 129 cm³/mol. The first kappa shape index (κ1) is 28.8. The number of carbonyl (C=O) groups excluding carboxylic acids is 2. The summed E-state index contributed by atoms with van der Waals surface area (Å²) in [5, 5.41) is 19.6. The number of piperidine rings is 1. The zero-order chi connectivity index (χ0) is 23.0. The van der Waals surface area contributed by atoms with E-state index in [1.807, 2.05) is 26.0 Å². The number of nitrogens with zero attached hydrogens (tertiary/aromatic N) is 1. The van der Waals surface area contributed by atoms with Crippen molar-refractivity contribution in [2.75, 3.05) is 13.1 Å². The molecule has 2 amide bonds. The number of nitrogens with one attached hydrogen (secondary N) is 2. The molecule has 1 aliphatic carbocycles. The second kappa shape index (κ2) is 10.8. The van der Waals surface area contributed by atoms with Gasteiger partial charge < -0.3 is 16.6 Å². The zero-order valence-electron chi connectivity index (χ0n) is 18.9. The second-order valence-corrected chi connectivity index (χ2v) is 9.23. The molecule has 11 heteroatoms. The molecule has 1 unspecified atom stereocenters. The first-order chi connectivity index (χ1) is 14.5. The molecule has 3 rings (SSSR count). The largest absolute Gasteiger partial charge is 0.480 e. The Morgan fingerprint density at radius 3 is 2.27 bits per heavy atom. The molecule has 0 spiro atoms. The molecule has 1 aromatic carbocycles. The third-order valence-electron chi connectivity index (χ3n) is 6.77. The van der Waals surface area contributed by atoms with Gasteiger partial charge in [0, 0.05) is 29.9 Å². The molecule has 1 saturated carbocycles. The SMILES string of the molecule is CC(C)C[C@@H](NCC(=O)O)C(=O)[N+]1(Cc2ccc(C(=N)N)cc2)CC[C@@H]2C[C@@]21C(N)=O.Cl.Cl. The minimum atomic E-state index is -1.04. The van der Waals surface area contributed by atoms with E-state index in [0.29, 0.717) is 31.5 Å². The molecule has 0 radical (unpaired) electrons. The van der Waals surface area contributed by atoms with Crippen molar-refractivity contribution in [3.8, 4) is 0 Å². The number of fused-ring (bicyclic) bond motifs is 1. The Morgan fingerprint density at radius 1 is 1.21 bits per heavy atom. The summed E-state index contributed by atoms with van der Waals surface area (Å²) in [6.45, 7) is 4.40. The van der Waals surface area contributed by atoms with E-state index in [2.05, 4.69) is 5.32 Å². The number of carboxylic acid groups (broad SMARTS) is 1. The number of hydrogen-bond acceptors (Lipinski definition) is 5. The fourth-order valence-electron chi connectivity index (χ4n) is 5.23.